The van der Waals surface area contributed by atoms with Crippen LogP contribution in [-0.2, 0) is 14.2 Å². The fourth-order valence-electron chi connectivity index (χ4n) is 1.53. The van der Waals surface area contributed by atoms with Gasteiger partial charge in [0.05, 0.1) is 38.6 Å². The molecule has 0 radical (unpaired) electrons. The van der Waals surface area contributed by atoms with Crippen LogP contribution in [0.4, 0.5) is 0 Å². The zero-order valence-electron chi connectivity index (χ0n) is 12.8. The SMILES string of the molecule is CC.CC(C)(C)OCCOCCN1CCOCC1. The van der Waals surface area contributed by atoms with Gasteiger partial charge in [0.1, 0.15) is 0 Å². The number of morpholine rings is 1. The Morgan fingerprint density at radius 1 is 1.00 bits per heavy atom. The van der Waals surface area contributed by atoms with E-state index in [0.717, 1.165) is 39.5 Å². The summed E-state index contributed by atoms with van der Waals surface area (Å²) in [5.41, 5.74) is -0.0619. The molecule has 1 aliphatic heterocycles. The van der Waals surface area contributed by atoms with E-state index >= 15 is 0 Å². The molecule has 0 bridgehead atoms. The number of nitrogens with zero attached hydrogens (tertiary/aromatic N) is 1. The van der Waals surface area contributed by atoms with E-state index in [1.807, 2.05) is 13.8 Å². The summed E-state index contributed by atoms with van der Waals surface area (Å²) in [6.45, 7) is 17.1. The minimum absolute atomic E-state index is 0.0619. The quantitative estimate of drug-likeness (QED) is 0.686. The Morgan fingerprint density at radius 3 is 2.17 bits per heavy atom. The predicted molar refractivity (Wildman–Crippen MR) is 75.1 cm³/mol. The normalized spacial score (nSPS) is 17.2. The maximum absolute atomic E-state index is 5.56. The van der Waals surface area contributed by atoms with Crippen molar-refractivity contribution in [3.8, 4) is 0 Å². The largest absolute Gasteiger partial charge is 0.379 e. The smallest absolute Gasteiger partial charge is 0.0707 e. The zero-order chi connectivity index (χ0) is 13.9. The zero-order valence-corrected chi connectivity index (χ0v) is 12.8. The van der Waals surface area contributed by atoms with Crippen LogP contribution in [0.2, 0.25) is 0 Å². The van der Waals surface area contributed by atoms with Gasteiger partial charge in [-0.3, -0.25) is 4.90 Å². The molecule has 0 aromatic heterocycles. The van der Waals surface area contributed by atoms with Crippen LogP contribution in [0.1, 0.15) is 34.6 Å². The fraction of sp³-hybridized carbons (Fsp3) is 1.00. The molecule has 4 heteroatoms. The van der Waals surface area contributed by atoms with E-state index in [9.17, 15) is 0 Å². The first-order valence-electron chi connectivity index (χ1n) is 7.10. The van der Waals surface area contributed by atoms with E-state index in [1.165, 1.54) is 0 Å². The molecule has 1 fully saturated rings. The molecule has 0 amide bonds. The Hall–Kier alpha value is -0.160. The molecule has 4 nitrogen and oxygen atoms in total. The van der Waals surface area contributed by atoms with E-state index in [-0.39, 0.29) is 5.60 Å². The highest BCUT2D eigenvalue weighted by molar-refractivity contribution is 4.61. The highest BCUT2D eigenvalue weighted by Gasteiger charge is 2.10. The first-order chi connectivity index (χ1) is 8.58. The number of ether oxygens (including phenoxy) is 3. The van der Waals surface area contributed by atoms with Gasteiger partial charge >= 0.3 is 0 Å². The van der Waals surface area contributed by atoms with E-state index in [4.69, 9.17) is 14.2 Å². The van der Waals surface area contributed by atoms with Gasteiger partial charge in [-0.2, -0.15) is 0 Å². The lowest BCUT2D eigenvalue weighted by Crippen LogP contribution is -2.38. The van der Waals surface area contributed by atoms with Crippen molar-refractivity contribution in [2.45, 2.75) is 40.2 Å². The summed E-state index contributed by atoms with van der Waals surface area (Å²) in [5.74, 6) is 0. The summed E-state index contributed by atoms with van der Waals surface area (Å²) in [6.07, 6.45) is 0. The summed E-state index contributed by atoms with van der Waals surface area (Å²) < 4.78 is 16.4. The lowest BCUT2D eigenvalue weighted by Gasteiger charge is -2.26. The summed E-state index contributed by atoms with van der Waals surface area (Å²) in [6, 6.07) is 0. The molecule has 1 aliphatic rings. The van der Waals surface area contributed by atoms with Gasteiger partial charge in [0.25, 0.3) is 0 Å². The Labute approximate surface area is 113 Å². The van der Waals surface area contributed by atoms with Gasteiger partial charge in [-0.1, -0.05) is 13.8 Å². The van der Waals surface area contributed by atoms with E-state index in [0.29, 0.717) is 13.2 Å². The predicted octanol–water partition coefficient (Wildman–Crippen LogP) is 2.18. The van der Waals surface area contributed by atoms with E-state index in [1.54, 1.807) is 0 Å². The molecule has 0 aromatic rings. The van der Waals surface area contributed by atoms with Crippen LogP contribution < -0.4 is 0 Å². The standard InChI is InChI=1S/C12H25NO3.C2H6/c1-12(2,3)16-11-10-15-9-6-13-4-7-14-8-5-13;1-2/h4-11H2,1-3H3;1-2H3. The molecule has 0 atom stereocenters. The first-order valence-corrected chi connectivity index (χ1v) is 7.10. The monoisotopic (exact) mass is 261 g/mol. The average Bonchev–Trinajstić information content (AvgIpc) is 2.36. The van der Waals surface area contributed by atoms with Gasteiger partial charge in [0, 0.05) is 19.6 Å². The van der Waals surface area contributed by atoms with Crippen LogP contribution in [0, 0.1) is 0 Å². The maximum Gasteiger partial charge on any atom is 0.0707 e. The minimum atomic E-state index is -0.0619. The molecular weight excluding hydrogens is 230 g/mol. The van der Waals surface area contributed by atoms with Crippen LogP contribution in [-0.4, -0.2) is 63.2 Å². The lowest BCUT2D eigenvalue weighted by atomic mass is 10.2. The summed E-state index contributed by atoms with van der Waals surface area (Å²) >= 11 is 0. The van der Waals surface area contributed by atoms with Crippen molar-refractivity contribution >= 4 is 0 Å². The molecule has 0 saturated carbocycles. The van der Waals surface area contributed by atoms with Crippen LogP contribution in [0.5, 0.6) is 0 Å². The van der Waals surface area contributed by atoms with Crippen molar-refractivity contribution in [3.05, 3.63) is 0 Å². The number of hydrogen-bond acceptors (Lipinski definition) is 4. The summed E-state index contributed by atoms with van der Waals surface area (Å²) in [7, 11) is 0. The molecule has 0 aliphatic carbocycles. The van der Waals surface area contributed by atoms with Crippen LogP contribution in [0.25, 0.3) is 0 Å². The van der Waals surface area contributed by atoms with Gasteiger partial charge in [-0.05, 0) is 20.8 Å². The summed E-state index contributed by atoms with van der Waals surface area (Å²) in [5, 5.41) is 0. The van der Waals surface area contributed by atoms with Crippen LogP contribution in [0.3, 0.4) is 0 Å². The van der Waals surface area contributed by atoms with Gasteiger partial charge in [-0.25, -0.2) is 0 Å². The molecule has 0 spiro atoms. The first kappa shape index (κ1) is 17.8. The molecule has 18 heavy (non-hydrogen) atoms. The Morgan fingerprint density at radius 2 is 1.61 bits per heavy atom. The van der Waals surface area contributed by atoms with Crippen LogP contribution >= 0.6 is 0 Å². The highest BCUT2D eigenvalue weighted by atomic mass is 16.5. The molecule has 0 aromatic carbocycles. The van der Waals surface area contributed by atoms with Gasteiger partial charge in [-0.15, -0.1) is 0 Å². The van der Waals surface area contributed by atoms with Crippen molar-refractivity contribution in [3.63, 3.8) is 0 Å². The van der Waals surface area contributed by atoms with Gasteiger partial charge < -0.3 is 14.2 Å². The van der Waals surface area contributed by atoms with E-state index < -0.39 is 0 Å². The average molecular weight is 261 g/mol. The number of rotatable bonds is 6. The van der Waals surface area contributed by atoms with Crippen LogP contribution in [0.15, 0.2) is 0 Å². The second kappa shape index (κ2) is 10.7. The molecular formula is C14H31NO3. The van der Waals surface area contributed by atoms with E-state index in [2.05, 4.69) is 25.7 Å². The maximum atomic E-state index is 5.56. The topological polar surface area (TPSA) is 30.9 Å². The Balaban J connectivity index is 0.00000137. The third-order valence-corrected chi connectivity index (χ3v) is 2.42. The van der Waals surface area contributed by atoms with Crippen molar-refractivity contribution < 1.29 is 14.2 Å². The Bertz CT molecular complexity index is 174. The fourth-order valence-corrected chi connectivity index (χ4v) is 1.53. The molecule has 0 unspecified atom stereocenters. The molecule has 0 N–H and O–H groups in total. The lowest BCUT2D eigenvalue weighted by molar-refractivity contribution is -0.0401. The second-order valence-electron chi connectivity index (χ2n) is 5.03. The van der Waals surface area contributed by atoms with Gasteiger partial charge in [0.2, 0.25) is 0 Å². The second-order valence-corrected chi connectivity index (χ2v) is 5.03. The number of hydrogen-bond donors (Lipinski definition) is 0. The molecule has 1 heterocycles. The highest BCUT2D eigenvalue weighted by Crippen LogP contribution is 2.05. The van der Waals surface area contributed by atoms with Crippen molar-refractivity contribution in [1.82, 2.24) is 4.90 Å². The summed E-state index contributed by atoms with van der Waals surface area (Å²) in [4.78, 5) is 2.37. The molecule has 110 valence electrons. The molecule has 1 saturated heterocycles. The minimum Gasteiger partial charge on any atom is -0.379 e. The van der Waals surface area contributed by atoms with Gasteiger partial charge in [0.15, 0.2) is 0 Å². The van der Waals surface area contributed by atoms with Crippen molar-refractivity contribution in [2.75, 3.05) is 52.7 Å². The molecule has 1 rings (SSSR count). The van der Waals surface area contributed by atoms with Crippen molar-refractivity contribution in [1.29, 1.82) is 0 Å². The third-order valence-electron chi connectivity index (χ3n) is 2.42. The Kier molecular flexibility index (Phi) is 10.6. The third kappa shape index (κ3) is 11.0. The van der Waals surface area contributed by atoms with Crippen molar-refractivity contribution in [2.24, 2.45) is 0 Å².